The fourth-order valence-corrected chi connectivity index (χ4v) is 2.71. The molecular formula is C19H21ClN4O2. The lowest BCUT2D eigenvalue weighted by atomic mass is 10.2. The third-order valence-electron chi connectivity index (χ3n) is 4.00. The molecule has 0 aliphatic rings. The highest BCUT2D eigenvalue weighted by molar-refractivity contribution is 6.31. The number of halogens is 1. The van der Waals surface area contributed by atoms with E-state index in [9.17, 15) is 4.79 Å². The van der Waals surface area contributed by atoms with E-state index in [-0.39, 0.29) is 5.91 Å². The summed E-state index contributed by atoms with van der Waals surface area (Å²) < 4.78 is 7.57. The maximum atomic E-state index is 11.9. The van der Waals surface area contributed by atoms with Crippen LogP contribution in [-0.2, 0) is 11.2 Å². The second-order valence-electron chi connectivity index (χ2n) is 6.01. The average Bonchev–Trinajstić information content (AvgIpc) is 3.05. The number of hydrogen-bond donors (Lipinski definition) is 1. The van der Waals surface area contributed by atoms with Crippen molar-refractivity contribution >= 4 is 23.2 Å². The number of nitrogens with one attached hydrogen (secondary N) is 1. The van der Waals surface area contributed by atoms with Crippen molar-refractivity contribution in [2.24, 2.45) is 0 Å². The number of rotatable bonds is 8. The van der Waals surface area contributed by atoms with Gasteiger partial charge in [0.2, 0.25) is 5.91 Å². The standard InChI is InChI=1S/C19H21ClN4O2/c1-14-13-15(7-8-16(14)20)26-12-4-6-19(25)21-10-9-18-23-22-17-5-2-3-11-24(17)18/h2-3,5,7-8,11,13H,4,6,9-10,12H2,1H3,(H,21,25). The smallest absolute Gasteiger partial charge is 0.220 e. The second kappa shape index (κ2) is 8.67. The van der Waals surface area contributed by atoms with E-state index in [1.165, 1.54) is 0 Å². The van der Waals surface area contributed by atoms with Crippen molar-refractivity contribution in [1.29, 1.82) is 0 Å². The van der Waals surface area contributed by atoms with Gasteiger partial charge in [0.25, 0.3) is 0 Å². The predicted molar refractivity (Wildman–Crippen MR) is 101 cm³/mol. The first-order valence-corrected chi connectivity index (χ1v) is 8.95. The fraction of sp³-hybridized carbons (Fsp3) is 0.316. The molecule has 3 rings (SSSR count). The summed E-state index contributed by atoms with van der Waals surface area (Å²) in [6.07, 6.45) is 3.63. The summed E-state index contributed by atoms with van der Waals surface area (Å²) in [5, 5.41) is 11.9. The first kappa shape index (κ1) is 18.2. The summed E-state index contributed by atoms with van der Waals surface area (Å²) in [6.45, 7) is 2.95. The Labute approximate surface area is 157 Å². The minimum atomic E-state index is 0.00899. The third kappa shape index (κ3) is 4.73. The van der Waals surface area contributed by atoms with Crippen molar-refractivity contribution in [2.45, 2.75) is 26.2 Å². The van der Waals surface area contributed by atoms with E-state index in [2.05, 4.69) is 15.5 Å². The lowest BCUT2D eigenvalue weighted by Crippen LogP contribution is -2.26. The van der Waals surface area contributed by atoms with E-state index in [1.807, 2.05) is 53.9 Å². The topological polar surface area (TPSA) is 68.5 Å². The van der Waals surface area contributed by atoms with Gasteiger partial charge in [0.05, 0.1) is 6.61 Å². The number of amides is 1. The number of hydrogen-bond acceptors (Lipinski definition) is 4. The first-order chi connectivity index (χ1) is 12.6. The lowest BCUT2D eigenvalue weighted by molar-refractivity contribution is -0.121. The molecule has 1 aromatic carbocycles. The maximum Gasteiger partial charge on any atom is 0.220 e. The van der Waals surface area contributed by atoms with Crippen LogP contribution in [0.1, 0.15) is 24.2 Å². The van der Waals surface area contributed by atoms with Gasteiger partial charge in [0, 0.05) is 30.6 Å². The molecule has 0 saturated heterocycles. The Bertz CT molecular complexity index is 894. The second-order valence-corrected chi connectivity index (χ2v) is 6.42. The molecule has 26 heavy (non-hydrogen) atoms. The SMILES string of the molecule is Cc1cc(OCCCC(=O)NCCc2nnc3ccccn23)ccc1Cl. The summed E-state index contributed by atoms with van der Waals surface area (Å²) in [6, 6.07) is 11.3. The number of ether oxygens (including phenoxy) is 1. The monoisotopic (exact) mass is 372 g/mol. The molecule has 7 heteroatoms. The maximum absolute atomic E-state index is 11.9. The Balaban J connectivity index is 1.35. The minimum absolute atomic E-state index is 0.00899. The molecule has 3 aromatic rings. The van der Waals surface area contributed by atoms with E-state index in [4.69, 9.17) is 16.3 Å². The first-order valence-electron chi connectivity index (χ1n) is 8.58. The van der Waals surface area contributed by atoms with Gasteiger partial charge in [0.15, 0.2) is 5.65 Å². The minimum Gasteiger partial charge on any atom is -0.494 e. The zero-order valence-corrected chi connectivity index (χ0v) is 15.4. The molecule has 0 unspecified atom stereocenters. The van der Waals surface area contributed by atoms with Crippen molar-refractivity contribution < 1.29 is 9.53 Å². The van der Waals surface area contributed by atoms with Gasteiger partial charge < -0.3 is 10.1 Å². The third-order valence-corrected chi connectivity index (χ3v) is 4.43. The normalized spacial score (nSPS) is 10.8. The molecule has 0 spiro atoms. The van der Waals surface area contributed by atoms with Crippen LogP contribution in [0.5, 0.6) is 5.75 Å². The molecule has 0 aliphatic carbocycles. The van der Waals surface area contributed by atoms with Crippen LogP contribution >= 0.6 is 11.6 Å². The number of carbonyl (C=O) groups excluding carboxylic acids is 1. The van der Waals surface area contributed by atoms with Crippen molar-refractivity contribution in [3.63, 3.8) is 0 Å². The number of pyridine rings is 1. The molecule has 0 fully saturated rings. The average molecular weight is 373 g/mol. The number of carbonyl (C=O) groups is 1. The van der Waals surface area contributed by atoms with Crippen molar-refractivity contribution in [1.82, 2.24) is 19.9 Å². The Morgan fingerprint density at radius 3 is 3.00 bits per heavy atom. The van der Waals surface area contributed by atoms with Gasteiger partial charge in [-0.2, -0.15) is 0 Å². The Morgan fingerprint density at radius 2 is 2.15 bits per heavy atom. The van der Waals surface area contributed by atoms with Crippen LogP contribution in [0.3, 0.4) is 0 Å². The molecule has 1 N–H and O–H groups in total. The Morgan fingerprint density at radius 1 is 1.27 bits per heavy atom. The van der Waals surface area contributed by atoms with Gasteiger partial charge in [-0.25, -0.2) is 0 Å². The molecule has 2 aromatic heterocycles. The van der Waals surface area contributed by atoms with Crippen LogP contribution in [0, 0.1) is 6.92 Å². The van der Waals surface area contributed by atoms with Gasteiger partial charge in [-0.1, -0.05) is 17.7 Å². The van der Waals surface area contributed by atoms with Crippen molar-refractivity contribution in [2.75, 3.05) is 13.2 Å². The molecule has 0 radical (unpaired) electrons. The zero-order valence-electron chi connectivity index (χ0n) is 14.6. The van der Waals surface area contributed by atoms with E-state index in [0.29, 0.717) is 32.4 Å². The van der Waals surface area contributed by atoms with Crippen LogP contribution in [0.4, 0.5) is 0 Å². The zero-order chi connectivity index (χ0) is 18.4. The van der Waals surface area contributed by atoms with Crippen LogP contribution in [0.25, 0.3) is 5.65 Å². The van der Waals surface area contributed by atoms with Gasteiger partial charge in [0.1, 0.15) is 11.6 Å². The Hall–Kier alpha value is -2.60. The number of fused-ring (bicyclic) bond motifs is 1. The van der Waals surface area contributed by atoms with Gasteiger partial charge in [-0.3, -0.25) is 9.20 Å². The molecule has 0 bridgehead atoms. The molecule has 136 valence electrons. The van der Waals surface area contributed by atoms with E-state index in [0.717, 1.165) is 27.8 Å². The fourth-order valence-electron chi connectivity index (χ4n) is 2.59. The van der Waals surface area contributed by atoms with Crippen LogP contribution < -0.4 is 10.1 Å². The summed E-state index contributed by atoms with van der Waals surface area (Å²) >= 11 is 5.98. The molecular weight excluding hydrogens is 352 g/mol. The molecule has 6 nitrogen and oxygen atoms in total. The number of aryl methyl sites for hydroxylation is 1. The van der Waals surface area contributed by atoms with Gasteiger partial charge in [-0.15, -0.1) is 10.2 Å². The molecule has 2 heterocycles. The molecule has 0 atom stereocenters. The molecule has 0 aliphatic heterocycles. The molecule has 0 saturated carbocycles. The highest BCUT2D eigenvalue weighted by Gasteiger charge is 2.06. The van der Waals surface area contributed by atoms with Gasteiger partial charge >= 0.3 is 0 Å². The van der Waals surface area contributed by atoms with Crippen LogP contribution in [0.2, 0.25) is 5.02 Å². The van der Waals surface area contributed by atoms with Crippen LogP contribution in [-0.4, -0.2) is 33.7 Å². The lowest BCUT2D eigenvalue weighted by Gasteiger charge is -2.08. The highest BCUT2D eigenvalue weighted by Crippen LogP contribution is 2.21. The van der Waals surface area contributed by atoms with Crippen molar-refractivity contribution in [3.8, 4) is 5.75 Å². The van der Waals surface area contributed by atoms with E-state index < -0.39 is 0 Å². The summed E-state index contributed by atoms with van der Waals surface area (Å²) in [5.74, 6) is 1.61. The number of benzene rings is 1. The van der Waals surface area contributed by atoms with E-state index >= 15 is 0 Å². The highest BCUT2D eigenvalue weighted by atomic mass is 35.5. The van der Waals surface area contributed by atoms with E-state index in [1.54, 1.807) is 0 Å². The largest absolute Gasteiger partial charge is 0.494 e. The quantitative estimate of drug-likeness (QED) is 0.616. The summed E-state index contributed by atoms with van der Waals surface area (Å²) in [5.41, 5.74) is 1.78. The predicted octanol–water partition coefficient (Wildman–Crippen LogP) is 3.21. The number of nitrogens with zero attached hydrogens (tertiary/aromatic N) is 3. The van der Waals surface area contributed by atoms with Crippen LogP contribution in [0.15, 0.2) is 42.6 Å². The number of aromatic nitrogens is 3. The van der Waals surface area contributed by atoms with Gasteiger partial charge in [-0.05, 0) is 49.2 Å². The van der Waals surface area contributed by atoms with Crippen molar-refractivity contribution in [3.05, 3.63) is 59.0 Å². The molecule has 1 amide bonds. The summed E-state index contributed by atoms with van der Waals surface area (Å²) in [4.78, 5) is 11.9. The Kier molecular flexibility index (Phi) is 6.07. The summed E-state index contributed by atoms with van der Waals surface area (Å²) in [7, 11) is 0.